The third kappa shape index (κ3) is 4.56. The van der Waals surface area contributed by atoms with Gasteiger partial charge in [0.15, 0.2) is 5.82 Å². The summed E-state index contributed by atoms with van der Waals surface area (Å²) in [5, 5.41) is 11.4. The van der Waals surface area contributed by atoms with Crippen molar-refractivity contribution in [1.82, 2.24) is 25.9 Å². The lowest BCUT2D eigenvalue weighted by Gasteiger charge is -2.21. The van der Waals surface area contributed by atoms with E-state index in [0.29, 0.717) is 30.4 Å². The Hall–Kier alpha value is -2.95. The van der Waals surface area contributed by atoms with E-state index in [1.54, 1.807) is 0 Å². The molecule has 1 aromatic heterocycles. The lowest BCUT2D eigenvalue weighted by molar-refractivity contribution is 0.259. The third-order valence-corrected chi connectivity index (χ3v) is 5.64. The van der Waals surface area contributed by atoms with Crippen molar-refractivity contribution in [3.63, 3.8) is 0 Å². The van der Waals surface area contributed by atoms with E-state index in [1.165, 1.54) is 37.8 Å². The van der Waals surface area contributed by atoms with Crippen LogP contribution in [-0.4, -0.2) is 21.5 Å². The van der Waals surface area contributed by atoms with Gasteiger partial charge in [0.25, 0.3) is 0 Å². The summed E-state index contributed by atoms with van der Waals surface area (Å²) in [6.07, 6.45) is 13.0. The predicted octanol–water partition coefficient (Wildman–Crippen LogP) is 2.76. The van der Waals surface area contributed by atoms with E-state index in [1.807, 2.05) is 35.6 Å². The van der Waals surface area contributed by atoms with Gasteiger partial charge in [-0.2, -0.15) is 5.26 Å². The number of hydrogen-bond donors (Lipinski definition) is 3. The SMILES string of the molecule is N#Cc1ccc(-c2ncc(CCN)cn2)c(CN2C=C(C3CCCCC3)NN2)c1. The second-order valence-corrected chi connectivity index (χ2v) is 7.72. The molecular formula is C22H27N7. The summed E-state index contributed by atoms with van der Waals surface area (Å²) in [4.78, 5) is 9.05. The van der Waals surface area contributed by atoms with Crippen molar-refractivity contribution in [2.24, 2.45) is 11.7 Å². The second-order valence-electron chi connectivity index (χ2n) is 7.72. The van der Waals surface area contributed by atoms with Gasteiger partial charge in [-0.25, -0.2) is 9.97 Å². The van der Waals surface area contributed by atoms with Crippen LogP contribution in [0.15, 0.2) is 42.5 Å². The molecule has 1 fully saturated rings. The van der Waals surface area contributed by atoms with Gasteiger partial charge in [-0.3, -0.25) is 5.01 Å². The van der Waals surface area contributed by atoms with Gasteiger partial charge < -0.3 is 11.2 Å². The lowest BCUT2D eigenvalue weighted by Crippen LogP contribution is -2.37. The molecule has 1 aliphatic carbocycles. The summed E-state index contributed by atoms with van der Waals surface area (Å²) in [5.41, 5.74) is 17.0. The molecule has 2 aromatic rings. The van der Waals surface area contributed by atoms with Crippen LogP contribution >= 0.6 is 0 Å². The van der Waals surface area contributed by atoms with E-state index < -0.39 is 0 Å². The van der Waals surface area contributed by atoms with Gasteiger partial charge >= 0.3 is 0 Å². The Balaban J connectivity index is 1.56. The summed E-state index contributed by atoms with van der Waals surface area (Å²) in [6, 6.07) is 7.90. The van der Waals surface area contributed by atoms with Crippen LogP contribution in [0.5, 0.6) is 0 Å². The smallest absolute Gasteiger partial charge is 0.159 e. The number of nitrogens with zero attached hydrogens (tertiary/aromatic N) is 4. The third-order valence-electron chi connectivity index (χ3n) is 5.64. The van der Waals surface area contributed by atoms with Gasteiger partial charge in [0, 0.05) is 35.8 Å². The van der Waals surface area contributed by atoms with E-state index in [4.69, 9.17) is 5.73 Å². The van der Waals surface area contributed by atoms with Crippen LogP contribution in [0, 0.1) is 17.2 Å². The normalized spacial score (nSPS) is 17.0. The molecule has 0 saturated heterocycles. The maximum Gasteiger partial charge on any atom is 0.159 e. The fourth-order valence-electron chi connectivity index (χ4n) is 4.06. The molecule has 4 rings (SSSR count). The summed E-state index contributed by atoms with van der Waals surface area (Å²) in [6.45, 7) is 1.19. The van der Waals surface area contributed by atoms with Crippen molar-refractivity contribution < 1.29 is 0 Å². The van der Waals surface area contributed by atoms with Crippen molar-refractivity contribution in [2.75, 3.05) is 6.54 Å². The van der Waals surface area contributed by atoms with Crippen molar-refractivity contribution in [2.45, 2.75) is 45.1 Å². The number of hydrazine groups is 2. The Morgan fingerprint density at radius 3 is 2.69 bits per heavy atom. The molecule has 2 heterocycles. The molecule has 7 nitrogen and oxygen atoms in total. The van der Waals surface area contributed by atoms with Crippen LogP contribution in [0.2, 0.25) is 0 Å². The molecule has 1 saturated carbocycles. The van der Waals surface area contributed by atoms with E-state index in [-0.39, 0.29) is 0 Å². The van der Waals surface area contributed by atoms with Crippen LogP contribution in [0.3, 0.4) is 0 Å². The first-order chi connectivity index (χ1) is 14.3. The summed E-state index contributed by atoms with van der Waals surface area (Å²) in [5.74, 6) is 1.26. The second kappa shape index (κ2) is 9.03. The monoisotopic (exact) mass is 389 g/mol. The maximum absolute atomic E-state index is 9.35. The summed E-state index contributed by atoms with van der Waals surface area (Å²) < 4.78 is 0. The highest BCUT2D eigenvalue weighted by Crippen LogP contribution is 2.30. The van der Waals surface area contributed by atoms with Gasteiger partial charge in [-0.05, 0) is 55.1 Å². The summed E-state index contributed by atoms with van der Waals surface area (Å²) >= 11 is 0. The number of nitrogens with two attached hydrogens (primary N) is 1. The number of nitriles is 1. The van der Waals surface area contributed by atoms with Gasteiger partial charge in [0.2, 0.25) is 0 Å². The first-order valence-corrected chi connectivity index (χ1v) is 10.3. The van der Waals surface area contributed by atoms with Gasteiger partial charge in [0.1, 0.15) is 0 Å². The minimum atomic E-state index is 0.577. The van der Waals surface area contributed by atoms with E-state index in [0.717, 1.165) is 23.1 Å². The quantitative estimate of drug-likeness (QED) is 0.698. The van der Waals surface area contributed by atoms with Crippen molar-refractivity contribution >= 4 is 0 Å². The van der Waals surface area contributed by atoms with Crippen molar-refractivity contribution in [1.29, 1.82) is 5.26 Å². The number of nitrogens with one attached hydrogen (secondary N) is 2. The molecule has 7 heteroatoms. The predicted molar refractivity (Wildman–Crippen MR) is 111 cm³/mol. The van der Waals surface area contributed by atoms with Gasteiger partial charge in [-0.15, -0.1) is 5.53 Å². The fraction of sp³-hybridized carbons (Fsp3) is 0.409. The zero-order valence-electron chi connectivity index (χ0n) is 16.6. The molecule has 2 aliphatic rings. The first kappa shape index (κ1) is 19.4. The largest absolute Gasteiger partial charge is 0.330 e. The molecule has 0 unspecified atom stereocenters. The van der Waals surface area contributed by atoms with Crippen LogP contribution in [0.1, 0.15) is 48.8 Å². The average molecular weight is 390 g/mol. The number of hydrogen-bond acceptors (Lipinski definition) is 7. The fourth-order valence-corrected chi connectivity index (χ4v) is 4.06. The number of rotatable bonds is 6. The molecule has 4 N–H and O–H groups in total. The topological polar surface area (TPSA) is 103 Å². The van der Waals surface area contributed by atoms with Crippen molar-refractivity contribution in [3.05, 3.63) is 59.2 Å². The highest BCUT2D eigenvalue weighted by molar-refractivity contribution is 5.62. The minimum absolute atomic E-state index is 0.577. The van der Waals surface area contributed by atoms with E-state index in [9.17, 15) is 5.26 Å². The minimum Gasteiger partial charge on any atom is -0.330 e. The Morgan fingerprint density at radius 1 is 1.17 bits per heavy atom. The standard InChI is InChI=1S/C22H27N7/c23-9-8-17-12-25-22(26-13-17)20-7-6-16(11-24)10-19(20)14-29-15-21(27-28-29)18-4-2-1-3-5-18/h6-7,10,12-13,15,18,27-28H,1-5,8-9,14,23H2. The van der Waals surface area contributed by atoms with Crippen LogP contribution in [0.25, 0.3) is 11.4 Å². The Labute approximate surface area is 171 Å². The Kier molecular flexibility index (Phi) is 6.03. The number of benzene rings is 1. The summed E-state index contributed by atoms with van der Waals surface area (Å²) in [7, 11) is 0. The van der Waals surface area contributed by atoms with Crippen molar-refractivity contribution in [3.8, 4) is 17.5 Å². The molecule has 0 radical (unpaired) electrons. The van der Waals surface area contributed by atoms with Gasteiger partial charge in [-0.1, -0.05) is 19.3 Å². The lowest BCUT2D eigenvalue weighted by atomic mass is 9.87. The Bertz CT molecular complexity index is 908. The molecule has 0 bridgehead atoms. The zero-order valence-corrected chi connectivity index (χ0v) is 16.6. The molecule has 0 amide bonds. The Morgan fingerprint density at radius 2 is 1.97 bits per heavy atom. The van der Waals surface area contributed by atoms with E-state index >= 15 is 0 Å². The van der Waals surface area contributed by atoms with Crippen LogP contribution in [-0.2, 0) is 13.0 Å². The van der Waals surface area contributed by atoms with Crippen LogP contribution < -0.4 is 16.7 Å². The molecule has 0 spiro atoms. The molecule has 29 heavy (non-hydrogen) atoms. The number of aromatic nitrogens is 2. The highest BCUT2D eigenvalue weighted by Gasteiger charge is 2.23. The zero-order chi connectivity index (χ0) is 20.1. The average Bonchev–Trinajstić information content (AvgIpc) is 3.24. The highest BCUT2D eigenvalue weighted by atomic mass is 15.7. The molecular weight excluding hydrogens is 362 g/mol. The first-order valence-electron chi connectivity index (χ1n) is 10.3. The molecule has 1 aliphatic heterocycles. The molecule has 1 aromatic carbocycles. The van der Waals surface area contributed by atoms with Crippen LogP contribution in [0.4, 0.5) is 0 Å². The van der Waals surface area contributed by atoms with E-state index in [2.05, 4.69) is 33.2 Å². The van der Waals surface area contributed by atoms with Gasteiger partial charge in [0.05, 0.1) is 18.2 Å². The number of allylic oxidation sites excluding steroid dienone is 1. The molecule has 150 valence electrons. The maximum atomic E-state index is 9.35. The molecule has 0 atom stereocenters.